The molecule has 1 N–H and O–H groups in total. The molecule has 1 aliphatic heterocycles. The average molecular weight is 573 g/mol. The van der Waals surface area contributed by atoms with Gasteiger partial charge in [-0.1, -0.05) is 42.0 Å². The van der Waals surface area contributed by atoms with Crippen molar-refractivity contribution < 1.29 is 4.74 Å². The number of ether oxygens (including phenoxy) is 1. The summed E-state index contributed by atoms with van der Waals surface area (Å²) >= 11 is 6.01. The normalized spacial score (nSPS) is 16.5. The number of anilines is 1. The highest BCUT2D eigenvalue weighted by molar-refractivity contribution is 7.80. The number of rotatable bonds is 6. The number of hydrogen-bond acceptors (Lipinski definition) is 3. The summed E-state index contributed by atoms with van der Waals surface area (Å²) in [7, 11) is 0. The van der Waals surface area contributed by atoms with Crippen LogP contribution < -0.4 is 15.0 Å². The Hall–Kier alpha value is -4.42. The van der Waals surface area contributed by atoms with Crippen molar-refractivity contribution in [2.24, 2.45) is 0 Å². The highest BCUT2D eigenvalue weighted by Gasteiger charge is 2.42. The van der Waals surface area contributed by atoms with Crippen LogP contribution in [0.5, 0.6) is 11.5 Å². The first-order valence-electron chi connectivity index (χ1n) is 14.3. The van der Waals surface area contributed by atoms with Gasteiger partial charge in [0.2, 0.25) is 0 Å². The molecule has 6 heteroatoms. The first-order valence-corrected chi connectivity index (χ1v) is 14.7. The molecular formula is C36H36N4OS. The highest BCUT2D eigenvalue weighted by Crippen LogP contribution is 2.44. The average Bonchev–Trinajstić information content (AvgIpc) is 3.45. The van der Waals surface area contributed by atoms with E-state index < -0.39 is 0 Å². The van der Waals surface area contributed by atoms with Gasteiger partial charge in [0.15, 0.2) is 5.11 Å². The second kappa shape index (κ2) is 11.1. The molecule has 3 aromatic carbocycles. The lowest BCUT2D eigenvalue weighted by Crippen LogP contribution is -2.29. The summed E-state index contributed by atoms with van der Waals surface area (Å²) in [5, 5.41) is 4.29. The summed E-state index contributed by atoms with van der Waals surface area (Å²) in [6.45, 7) is 13.0. The predicted molar refractivity (Wildman–Crippen MR) is 175 cm³/mol. The van der Waals surface area contributed by atoms with Gasteiger partial charge in [0.1, 0.15) is 11.5 Å². The van der Waals surface area contributed by atoms with Crippen molar-refractivity contribution in [3.05, 3.63) is 136 Å². The summed E-state index contributed by atoms with van der Waals surface area (Å²) in [4.78, 5) is 6.98. The molecule has 0 radical (unpaired) electrons. The smallest absolute Gasteiger partial charge is 0.174 e. The quantitative estimate of drug-likeness (QED) is 0.206. The molecule has 0 saturated carbocycles. The summed E-state index contributed by atoms with van der Waals surface area (Å²) in [5.41, 5.74) is 11.7. The zero-order chi connectivity index (χ0) is 29.5. The van der Waals surface area contributed by atoms with E-state index in [-0.39, 0.29) is 12.1 Å². The van der Waals surface area contributed by atoms with E-state index >= 15 is 0 Å². The summed E-state index contributed by atoms with van der Waals surface area (Å²) in [6.07, 6.45) is 1.85. The van der Waals surface area contributed by atoms with Crippen LogP contribution in [0.1, 0.15) is 57.0 Å². The zero-order valence-electron chi connectivity index (χ0n) is 25.0. The van der Waals surface area contributed by atoms with Crippen LogP contribution in [0.3, 0.4) is 0 Å². The van der Waals surface area contributed by atoms with Gasteiger partial charge in [0, 0.05) is 23.3 Å². The van der Waals surface area contributed by atoms with Crippen molar-refractivity contribution in [2.75, 3.05) is 4.90 Å². The molecule has 2 unspecified atom stereocenters. The molecule has 6 rings (SSSR count). The molecule has 2 atom stereocenters. The van der Waals surface area contributed by atoms with Crippen molar-refractivity contribution in [1.82, 2.24) is 14.9 Å². The lowest BCUT2D eigenvalue weighted by molar-refractivity contribution is 0.479. The molecule has 0 amide bonds. The van der Waals surface area contributed by atoms with Crippen LogP contribution in [0.2, 0.25) is 0 Å². The van der Waals surface area contributed by atoms with Crippen molar-refractivity contribution >= 4 is 23.0 Å². The van der Waals surface area contributed by atoms with Gasteiger partial charge in [-0.3, -0.25) is 4.98 Å². The van der Waals surface area contributed by atoms with Gasteiger partial charge in [0.05, 0.1) is 23.5 Å². The number of thiocarbonyl (C=S) groups is 1. The fourth-order valence-electron chi connectivity index (χ4n) is 6.38. The first kappa shape index (κ1) is 27.7. The van der Waals surface area contributed by atoms with Crippen LogP contribution in [-0.2, 0) is 0 Å². The molecule has 2 aromatic heterocycles. The third-order valence-corrected chi connectivity index (χ3v) is 8.50. The van der Waals surface area contributed by atoms with Gasteiger partial charge < -0.3 is 19.5 Å². The minimum atomic E-state index is -0.115. The second-order valence-corrected chi connectivity index (χ2v) is 11.7. The Kier molecular flexibility index (Phi) is 7.33. The highest BCUT2D eigenvalue weighted by atomic mass is 32.1. The third-order valence-electron chi connectivity index (χ3n) is 8.18. The van der Waals surface area contributed by atoms with Gasteiger partial charge in [-0.05, 0) is 125 Å². The Morgan fingerprint density at radius 2 is 1.48 bits per heavy atom. The molecule has 1 saturated heterocycles. The molecule has 1 aliphatic rings. The molecular weight excluding hydrogens is 536 g/mol. The minimum Gasteiger partial charge on any atom is -0.457 e. The van der Waals surface area contributed by atoms with E-state index in [1.54, 1.807) is 0 Å². The fraction of sp³-hybridized carbons (Fsp3) is 0.222. The van der Waals surface area contributed by atoms with E-state index in [0.717, 1.165) is 28.4 Å². The number of benzene rings is 3. The second-order valence-electron chi connectivity index (χ2n) is 11.3. The topological polar surface area (TPSA) is 42.3 Å². The van der Waals surface area contributed by atoms with Gasteiger partial charge in [-0.25, -0.2) is 0 Å². The maximum absolute atomic E-state index is 6.19. The minimum absolute atomic E-state index is 0.0958. The van der Waals surface area contributed by atoms with Gasteiger partial charge in [-0.15, -0.1) is 0 Å². The maximum Gasteiger partial charge on any atom is 0.174 e. The van der Waals surface area contributed by atoms with E-state index in [1.165, 1.54) is 39.3 Å². The van der Waals surface area contributed by atoms with E-state index in [9.17, 15) is 0 Å². The number of aromatic nitrogens is 2. The number of nitrogens with zero attached hydrogens (tertiary/aromatic N) is 3. The van der Waals surface area contributed by atoms with Crippen LogP contribution in [0.4, 0.5) is 5.69 Å². The maximum atomic E-state index is 6.19. The SMILES string of the molecule is Cc1cc(C)c(-n2c(C)cc(C3C(c4ccccn4)NC(=S)N3c3ccc(Oc4ccccc4C)cc3)c2C)c(C)c1. The number of nitrogens with one attached hydrogen (secondary N) is 1. The molecule has 212 valence electrons. The van der Waals surface area contributed by atoms with Crippen LogP contribution >= 0.6 is 12.2 Å². The number of hydrogen-bond donors (Lipinski definition) is 1. The Bertz CT molecular complexity index is 1750. The molecule has 5 nitrogen and oxygen atoms in total. The van der Waals surface area contributed by atoms with Gasteiger partial charge in [0.25, 0.3) is 0 Å². The summed E-state index contributed by atoms with van der Waals surface area (Å²) in [6, 6.07) is 28.9. The standard InChI is InChI=1S/C36H36N4OS/c1-22-19-24(3)34(25(4)20-22)39-26(5)21-30(27(39)6)35-33(31-12-9-10-18-37-31)38-36(42)40(35)28-14-16-29(17-15-28)41-32-13-8-7-11-23(32)2/h7-21,33,35H,1-6H3,(H,38,42). The van der Waals surface area contributed by atoms with Crippen molar-refractivity contribution in [3.8, 4) is 17.2 Å². The predicted octanol–water partition coefficient (Wildman–Crippen LogP) is 8.69. The molecule has 42 heavy (non-hydrogen) atoms. The molecule has 1 fully saturated rings. The molecule has 0 aliphatic carbocycles. The summed E-state index contributed by atoms with van der Waals surface area (Å²) in [5.74, 6) is 1.64. The Morgan fingerprint density at radius 1 is 0.786 bits per heavy atom. The molecule has 5 aromatic rings. The first-order chi connectivity index (χ1) is 20.2. The Morgan fingerprint density at radius 3 is 2.14 bits per heavy atom. The monoisotopic (exact) mass is 572 g/mol. The summed E-state index contributed by atoms with van der Waals surface area (Å²) < 4.78 is 8.59. The van der Waals surface area contributed by atoms with Crippen LogP contribution in [0, 0.1) is 41.5 Å². The largest absolute Gasteiger partial charge is 0.457 e. The van der Waals surface area contributed by atoms with E-state index in [1.807, 2.05) is 48.7 Å². The number of aryl methyl sites for hydroxylation is 5. The lowest BCUT2D eigenvalue weighted by atomic mass is 9.96. The zero-order valence-corrected chi connectivity index (χ0v) is 25.8. The molecule has 0 spiro atoms. The van der Waals surface area contributed by atoms with Crippen LogP contribution in [0.25, 0.3) is 5.69 Å². The third kappa shape index (κ3) is 4.96. The van der Waals surface area contributed by atoms with Gasteiger partial charge >= 0.3 is 0 Å². The Balaban J connectivity index is 1.44. The van der Waals surface area contributed by atoms with Crippen molar-refractivity contribution in [1.29, 1.82) is 0 Å². The van der Waals surface area contributed by atoms with E-state index in [0.29, 0.717) is 5.11 Å². The molecule has 0 bridgehead atoms. The van der Waals surface area contributed by atoms with Crippen LogP contribution in [0.15, 0.2) is 91.1 Å². The van der Waals surface area contributed by atoms with E-state index in [2.05, 4.69) is 98.8 Å². The van der Waals surface area contributed by atoms with Crippen molar-refractivity contribution in [3.63, 3.8) is 0 Å². The number of pyridine rings is 1. The lowest BCUT2D eigenvalue weighted by Gasteiger charge is -2.28. The number of para-hydroxylation sites is 1. The van der Waals surface area contributed by atoms with E-state index in [4.69, 9.17) is 21.9 Å². The molecule has 3 heterocycles. The van der Waals surface area contributed by atoms with Crippen molar-refractivity contribution in [2.45, 2.75) is 53.6 Å². The Labute approximate surface area is 253 Å². The van der Waals surface area contributed by atoms with Crippen LogP contribution in [-0.4, -0.2) is 14.7 Å². The van der Waals surface area contributed by atoms with Gasteiger partial charge in [-0.2, -0.15) is 0 Å². The fourth-order valence-corrected chi connectivity index (χ4v) is 6.72.